The van der Waals surface area contributed by atoms with Crippen molar-refractivity contribution in [1.29, 1.82) is 0 Å². The molecule has 6 nitrogen and oxygen atoms in total. The molecule has 8 heteroatoms. The number of benzene rings is 3. The lowest BCUT2D eigenvalue weighted by atomic mass is 10.0. The Balaban J connectivity index is 1.44. The van der Waals surface area contributed by atoms with Gasteiger partial charge in [-0.3, -0.25) is 25.8 Å². The third kappa shape index (κ3) is 6.63. The highest BCUT2D eigenvalue weighted by Crippen LogP contribution is 2.25. The molecular weight excluding hydrogens is 478 g/mol. The second-order valence-corrected chi connectivity index (χ2v) is 7.88. The van der Waals surface area contributed by atoms with Crippen molar-refractivity contribution in [3.05, 3.63) is 88.4 Å². The van der Waals surface area contributed by atoms with Crippen LogP contribution in [-0.4, -0.2) is 23.5 Å². The number of carbonyl (C=O) groups excluding carboxylic acids is 2. The van der Waals surface area contributed by atoms with Crippen LogP contribution in [0.1, 0.15) is 15.9 Å². The van der Waals surface area contributed by atoms with Crippen LogP contribution in [0, 0.1) is 6.92 Å². The summed E-state index contributed by atoms with van der Waals surface area (Å²) in [4.78, 5) is 24.3. The van der Waals surface area contributed by atoms with Gasteiger partial charge in [0.25, 0.3) is 11.8 Å². The number of amides is 2. The van der Waals surface area contributed by atoms with E-state index in [-0.39, 0.29) is 17.6 Å². The number of hydrogen-bond acceptors (Lipinski definition) is 4. The van der Waals surface area contributed by atoms with Gasteiger partial charge < -0.3 is 4.74 Å². The summed E-state index contributed by atoms with van der Waals surface area (Å²) < 4.78 is 6.22. The third-order valence-electron chi connectivity index (χ3n) is 4.24. The van der Waals surface area contributed by atoms with Gasteiger partial charge in [-0.25, -0.2) is 0 Å². The second kappa shape index (κ2) is 10.7. The molecule has 0 saturated heterocycles. The van der Waals surface area contributed by atoms with Gasteiger partial charge in [-0.05, 0) is 76.0 Å². The summed E-state index contributed by atoms with van der Waals surface area (Å²) in [7, 11) is 0. The molecule has 0 radical (unpaired) electrons. The molecule has 0 atom stereocenters. The van der Waals surface area contributed by atoms with Crippen LogP contribution in [0.3, 0.4) is 0 Å². The van der Waals surface area contributed by atoms with Crippen LogP contribution in [0.4, 0.5) is 0 Å². The van der Waals surface area contributed by atoms with Crippen molar-refractivity contribution in [3.63, 3.8) is 0 Å². The first-order chi connectivity index (χ1) is 14.9. The number of aryl methyl sites for hydroxylation is 1. The molecule has 3 rings (SSSR count). The van der Waals surface area contributed by atoms with Crippen LogP contribution in [0.2, 0.25) is 0 Å². The van der Waals surface area contributed by atoms with Gasteiger partial charge in [0.2, 0.25) is 0 Å². The molecule has 3 aromatic carbocycles. The maximum absolute atomic E-state index is 12.3. The van der Waals surface area contributed by atoms with Crippen LogP contribution < -0.4 is 20.9 Å². The zero-order valence-electron chi connectivity index (χ0n) is 16.6. The molecule has 0 bridgehead atoms. The average molecular weight is 498 g/mol. The van der Waals surface area contributed by atoms with E-state index in [1.165, 1.54) is 0 Å². The van der Waals surface area contributed by atoms with Crippen molar-refractivity contribution in [2.24, 2.45) is 0 Å². The van der Waals surface area contributed by atoms with Crippen molar-refractivity contribution in [3.8, 4) is 16.9 Å². The van der Waals surface area contributed by atoms with Gasteiger partial charge >= 0.3 is 0 Å². The first-order valence-electron chi connectivity index (χ1n) is 9.37. The van der Waals surface area contributed by atoms with Crippen molar-refractivity contribution < 1.29 is 14.3 Å². The summed E-state index contributed by atoms with van der Waals surface area (Å²) in [6.07, 6.45) is 0. The van der Waals surface area contributed by atoms with E-state index in [0.29, 0.717) is 11.3 Å². The van der Waals surface area contributed by atoms with Gasteiger partial charge in [0.1, 0.15) is 5.75 Å². The normalized spacial score (nSPS) is 10.1. The predicted octanol–water partition coefficient (Wildman–Crippen LogP) is 4.14. The van der Waals surface area contributed by atoms with Crippen molar-refractivity contribution in [2.45, 2.75) is 6.92 Å². The highest BCUT2D eigenvalue weighted by molar-refractivity contribution is 9.10. The topological polar surface area (TPSA) is 79.5 Å². The second-order valence-electron chi connectivity index (χ2n) is 6.62. The summed E-state index contributed by atoms with van der Waals surface area (Å²) >= 11 is 8.42. The van der Waals surface area contributed by atoms with Crippen LogP contribution >= 0.6 is 28.1 Å². The number of nitrogens with one attached hydrogen (secondary N) is 3. The number of hydrazine groups is 1. The molecular formula is C23H20BrN3O3S. The van der Waals surface area contributed by atoms with Gasteiger partial charge in [0.15, 0.2) is 11.7 Å². The zero-order chi connectivity index (χ0) is 22.2. The number of hydrogen-bond donors (Lipinski definition) is 3. The minimum atomic E-state index is -0.452. The maximum atomic E-state index is 12.3. The highest BCUT2D eigenvalue weighted by Gasteiger charge is 2.10. The Hall–Kier alpha value is -3.23. The molecule has 3 aromatic rings. The van der Waals surface area contributed by atoms with E-state index in [0.717, 1.165) is 21.2 Å². The third-order valence-corrected chi connectivity index (χ3v) is 5.07. The smallest absolute Gasteiger partial charge is 0.269 e. The fourth-order valence-corrected chi connectivity index (χ4v) is 3.46. The number of ether oxygens (including phenoxy) is 1. The van der Waals surface area contributed by atoms with Crippen LogP contribution in [0.25, 0.3) is 11.1 Å². The SMILES string of the molecule is Cc1ccc(OCC(=O)NC(=S)NNC(=O)c2ccc(-c3ccccc3)cc2)c(Br)c1. The predicted molar refractivity (Wildman–Crippen MR) is 128 cm³/mol. The summed E-state index contributed by atoms with van der Waals surface area (Å²) in [5.41, 5.74) is 8.56. The molecule has 0 saturated carbocycles. The van der Waals surface area contributed by atoms with Crippen molar-refractivity contribution in [2.75, 3.05) is 6.61 Å². The monoisotopic (exact) mass is 497 g/mol. The number of thiocarbonyl (C=S) groups is 1. The Morgan fingerprint density at radius 2 is 1.61 bits per heavy atom. The molecule has 0 aliphatic rings. The molecule has 31 heavy (non-hydrogen) atoms. The lowest BCUT2D eigenvalue weighted by Crippen LogP contribution is -2.49. The standard InChI is InChI=1S/C23H20BrN3O3S/c1-15-7-12-20(19(24)13-15)30-14-21(28)25-23(31)27-26-22(29)18-10-8-17(9-11-18)16-5-3-2-4-6-16/h2-13H,14H2,1H3,(H,26,29)(H2,25,27,28,31). The lowest BCUT2D eigenvalue weighted by Gasteiger charge is -2.12. The largest absolute Gasteiger partial charge is 0.483 e. The fourth-order valence-electron chi connectivity index (χ4n) is 2.69. The molecule has 0 unspecified atom stereocenters. The fraction of sp³-hybridized carbons (Fsp3) is 0.0870. The van der Waals surface area contributed by atoms with E-state index in [9.17, 15) is 9.59 Å². The molecule has 0 heterocycles. The number of halogens is 1. The zero-order valence-corrected chi connectivity index (χ0v) is 19.0. The Labute approximate surface area is 194 Å². The van der Waals surface area contributed by atoms with E-state index in [1.54, 1.807) is 18.2 Å². The van der Waals surface area contributed by atoms with Crippen LogP contribution in [0.5, 0.6) is 5.75 Å². The van der Waals surface area contributed by atoms with Crippen molar-refractivity contribution >= 4 is 45.1 Å². The van der Waals surface area contributed by atoms with E-state index < -0.39 is 5.91 Å². The first kappa shape index (κ1) is 22.5. The van der Waals surface area contributed by atoms with Gasteiger partial charge in [0.05, 0.1) is 4.47 Å². The molecule has 0 spiro atoms. The van der Waals surface area contributed by atoms with Crippen LogP contribution in [0.15, 0.2) is 77.3 Å². The molecule has 0 aliphatic heterocycles. The molecule has 158 valence electrons. The summed E-state index contributed by atoms with van der Waals surface area (Å²) in [5, 5.41) is 2.41. The molecule has 2 amide bonds. The number of rotatable bonds is 5. The number of carbonyl (C=O) groups is 2. The minimum absolute atomic E-state index is 0.0363. The van der Waals surface area contributed by atoms with E-state index in [1.807, 2.05) is 61.5 Å². The van der Waals surface area contributed by atoms with Crippen LogP contribution in [-0.2, 0) is 4.79 Å². The first-order valence-corrected chi connectivity index (χ1v) is 10.6. The quantitative estimate of drug-likeness (QED) is 0.364. The van der Waals surface area contributed by atoms with Gasteiger partial charge in [-0.2, -0.15) is 0 Å². The van der Waals surface area contributed by atoms with E-state index >= 15 is 0 Å². The Morgan fingerprint density at radius 3 is 2.29 bits per heavy atom. The Bertz CT molecular complexity index is 1090. The van der Waals surface area contributed by atoms with Gasteiger partial charge in [-0.1, -0.05) is 48.5 Å². The summed E-state index contributed by atoms with van der Waals surface area (Å²) in [6.45, 7) is 1.73. The molecule has 3 N–H and O–H groups in total. The van der Waals surface area contributed by atoms with Gasteiger partial charge in [0, 0.05) is 5.56 Å². The summed E-state index contributed by atoms with van der Waals surface area (Å²) in [6, 6.07) is 22.6. The molecule has 0 aliphatic carbocycles. The van der Waals surface area contributed by atoms with Gasteiger partial charge in [-0.15, -0.1) is 0 Å². The molecule has 0 fully saturated rings. The molecule has 0 aromatic heterocycles. The van der Waals surface area contributed by atoms with E-state index in [4.69, 9.17) is 17.0 Å². The Kier molecular flexibility index (Phi) is 7.75. The van der Waals surface area contributed by atoms with E-state index in [2.05, 4.69) is 32.1 Å². The summed E-state index contributed by atoms with van der Waals surface area (Å²) in [5.74, 6) is -0.283. The maximum Gasteiger partial charge on any atom is 0.269 e. The lowest BCUT2D eigenvalue weighted by molar-refractivity contribution is -0.121. The van der Waals surface area contributed by atoms with Crippen molar-refractivity contribution in [1.82, 2.24) is 16.2 Å². The Morgan fingerprint density at radius 1 is 0.935 bits per heavy atom. The average Bonchev–Trinajstić information content (AvgIpc) is 2.77. The minimum Gasteiger partial charge on any atom is -0.483 e. The highest BCUT2D eigenvalue weighted by atomic mass is 79.9.